The minimum absolute atomic E-state index is 0.0680. The molecule has 1 unspecified atom stereocenters. The molecule has 19 heavy (non-hydrogen) atoms. The number of aliphatic carboxylic acids is 1. The van der Waals surface area contributed by atoms with Crippen LogP contribution in [0.3, 0.4) is 0 Å². The largest absolute Gasteiger partial charge is 0.481 e. The van der Waals surface area contributed by atoms with Crippen molar-refractivity contribution in [3.8, 4) is 0 Å². The molecule has 1 atom stereocenters. The highest BCUT2D eigenvalue weighted by atomic mass is 79.9. The summed E-state index contributed by atoms with van der Waals surface area (Å²) in [5.74, 6) is -1.57. The van der Waals surface area contributed by atoms with E-state index in [0.29, 0.717) is 12.0 Å². The van der Waals surface area contributed by atoms with Crippen LogP contribution in [-0.4, -0.2) is 21.4 Å². The summed E-state index contributed by atoms with van der Waals surface area (Å²) < 4.78 is 2.88. The minimum Gasteiger partial charge on any atom is -0.481 e. The zero-order valence-electron chi connectivity index (χ0n) is 10.3. The fraction of sp³-hybridized carbons (Fsp3) is 0.286. The maximum absolute atomic E-state index is 12.2. The van der Waals surface area contributed by atoms with Gasteiger partial charge >= 0.3 is 5.97 Å². The fourth-order valence-corrected chi connectivity index (χ4v) is 3.17. The SMILES string of the molecule is Cn1c2c(c3ccc(Br)cc31)C(=O)CC(C(=O)O)C2. The van der Waals surface area contributed by atoms with E-state index < -0.39 is 11.9 Å². The molecule has 1 heterocycles. The first kappa shape index (κ1) is 12.4. The van der Waals surface area contributed by atoms with Crippen molar-refractivity contribution in [3.05, 3.63) is 33.9 Å². The predicted octanol–water partition coefficient (Wildman–Crippen LogP) is 2.77. The third kappa shape index (κ3) is 1.80. The molecule has 0 aliphatic heterocycles. The number of halogens is 1. The van der Waals surface area contributed by atoms with E-state index in [1.807, 2.05) is 29.8 Å². The van der Waals surface area contributed by atoms with Crippen LogP contribution >= 0.6 is 15.9 Å². The zero-order chi connectivity index (χ0) is 13.7. The summed E-state index contributed by atoms with van der Waals surface area (Å²) in [5.41, 5.74) is 2.48. The number of carbonyl (C=O) groups is 2. The van der Waals surface area contributed by atoms with Crippen LogP contribution < -0.4 is 0 Å². The highest BCUT2D eigenvalue weighted by Crippen LogP contribution is 2.34. The van der Waals surface area contributed by atoms with Crippen LogP contribution in [0.1, 0.15) is 22.5 Å². The third-order valence-corrected chi connectivity index (χ3v) is 4.28. The molecule has 0 radical (unpaired) electrons. The molecule has 3 rings (SSSR count). The standard InChI is InChI=1S/C14H12BrNO3/c1-16-10-6-8(15)2-3-9(10)13-11(16)4-7(14(18)19)5-12(13)17/h2-3,6-7H,4-5H2,1H3,(H,18,19). The van der Waals surface area contributed by atoms with Gasteiger partial charge in [0.05, 0.1) is 5.92 Å². The van der Waals surface area contributed by atoms with Crippen LogP contribution in [0.4, 0.5) is 0 Å². The number of Topliss-reactive ketones (excluding diaryl/α,β-unsaturated/α-hetero) is 1. The van der Waals surface area contributed by atoms with Gasteiger partial charge in [0.25, 0.3) is 0 Å². The quantitative estimate of drug-likeness (QED) is 0.878. The topological polar surface area (TPSA) is 59.3 Å². The van der Waals surface area contributed by atoms with Gasteiger partial charge in [-0.15, -0.1) is 0 Å². The number of aryl methyl sites for hydroxylation is 1. The summed E-state index contributed by atoms with van der Waals surface area (Å²) in [6, 6.07) is 5.77. The van der Waals surface area contributed by atoms with Gasteiger partial charge in [-0.3, -0.25) is 9.59 Å². The molecule has 0 fully saturated rings. The summed E-state index contributed by atoms with van der Waals surface area (Å²) in [6.07, 6.45) is 0.511. The van der Waals surface area contributed by atoms with Crippen molar-refractivity contribution in [2.75, 3.05) is 0 Å². The molecular formula is C14H12BrNO3. The second kappa shape index (κ2) is 4.20. The van der Waals surface area contributed by atoms with E-state index in [1.165, 1.54) is 0 Å². The van der Waals surface area contributed by atoms with Crippen molar-refractivity contribution in [1.29, 1.82) is 0 Å². The first-order valence-electron chi connectivity index (χ1n) is 6.02. The number of rotatable bonds is 1. The lowest BCUT2D eigenvalue weighted by atomic mass is 9.86. The molecule has 0 amide bonds. The Morgan fingerprint density at radius 2 is 2.16 bits per heavy atom. The summed E-state index contributed by atoms with van der Waals surface area (Å²) >= 11 is 3.42. The number of carboxylic acids is 1. The van der Waals surface area contributed by atoms with Crippen molar-refractivity contribution >= 4 is 38.6 Å². The second-order valence-electron chi connectivity index (χ2n) is 4.91. The Balaban J connectivity index is 2.27. The highest BCUT2D eigenvalue weighted by Gasteiger charge is 2.33. The number of hydrogen-bond donors (Lipinski definition) is 1. The van der Waals surface area contributed by atoms with Crippen LogP contribution in [0.15, 0.2) is 22.7 Å². The van der Waals surface area contributed by atoms with E-state index >= 15 is 0 Å². The van der Waals surface area contributed by atoms with Gasteiger partial charge in [0, 0.05) is 46.5 Å². The maximum Gasteiger partial charge on any atom is 0.307 e. The molecular weight excluding hydrogens is 310 g/mol. The van der Waals surface area contributed by atoms with Gasteiger partial charge in [0.15, 0.2) is 5.78 Å². The highest BCUT2D eigenvalue weighted by molar-refractivity contribution is 9.10. The molecule has 2 aromatic rings. The van der Waals surface area contributed by atoms with Gasteiger partial charge in [-0.25, -0.2) is 0 Å². The Hall–Kier alpha value is -1.62. The average Bonchev–Trinajstić information content (AvgIpc) is 2.63. The van der Waals surface area contributed by atoms with Gasteiger partial charge in [-0.05, 0) is 12.1 Å². The van der Waals surface area contributed by atoms with E-state index in [9.17, 15) is 9.59 Å². The van der Waals surface area contributed by atoms with Crippen molar-refractivity contribution in [1.82, 2.24) is 4.57 Å². The third-order valence-electron chi connectivity index (χ3n) is 3.78. The summed E-state index contributed by atoms with van der Waals surface area (Å²) in [7, 11) is 1.88. The lowest BCUT2D eigenvalue weighted by molar-refractivity contribution is -0.141. The van der Waals surface area contributed by atoms with Crippen LogP contribution in [0, 0.1) is 5.92 Å². The van der Waals surface area contributed by atoms with Crippen molar-refractivity contribution in [2.24, 2.45) is 13.0 Å². The van der Waals surface area contributed by atoms with E-state index in [2.05, 4.69) is 15.9 Å². The Morgan fingerprint density at radius 1 is 1.42 bits per heavy atom. The molecule has 0 spiro atoms. The molecule has 1 aromatic heterocycles. The molecule has 1 aliphatic rings. The number of nitrogens with zero attached hydrogens (tertiary/aromatic N) is 1. The summed E-state index contributed by atoms with van der Waals surface area (Å²) in [5, 5.41) is 10.0. The normalized spacial score (nSPS) is 18.6. The van der Waals surface area contributed by atoms with E-state index in [4.69, 9.17) is 5.11 Å². The van der Waals surface area contributed by atoms with E-state index in [-0.39, 0.29) is 12.2 Å². The Morgan fingerprint density at radius 3 is 2.84 bits per heavy atom. The lowest BCUT2D eigenvalue weighted by Crippen LogP contribution is -2.27. The van der Waals surface area contributed by atoms with E-state index in [1.54, 1.807) is 0 Å². The average molecular weight is 322 g/mol. The van der Waals surface area contributed by atoms with Gasteiger partial charge in [-0.2, -0.15) is 0 Å². The van der Waals surface area contributed by atoms with Crippen LogP contribution in [0.5, 0.6) is 0 Å². The monoisotopic (exact) mass is 321 g/mol. The molecule has 1 aliphatic carbocycles. The Bertz CT molecular complexity index is 717. The van der Waals surface area contributed by atoms with Crippen LogP contribution in [-0.2, 0) is 18.3 Å². The van der Waals surface area contributed by atoms with Crippen LogP contribution in [0.2, 0.25) is 0 Å². The molecule has 1 N–H and O–H groups in total. The first-order chi connectivity index (χ1) is 8.99. The van der Waals surface area contributed by atoms with Gasteiger partial charge in [-0.1, -0.05) is 22.0 Å². The van der Waals surface area contributed by atoms with Crippen LogP contribution in [0.25, 0.3) is 10.9 Å². The van der Waals surface area contributed by atoms with Gasteiger partial charge in [0.2, 0.25) is 0 Å². The van der Waals surface area contributed by atoms with E-state index in [0.717, 1.165) is 21.1 Å². The van der Waals surface area contributed by atoms with Gasteiger partial charge in [0.1, 0.15) is 0 Å². The number of carbonyl (C=O) groups excluding carboxylic acids is 1. The molecule has 0 bridgehead atoms. The number of ketones is 1. The predicted molar refractivity (Wildman–Crippen MR) is 74.4 cm³/mol. The second-order valence-corrected chi connectivity index (χ2v) is 5.82. The number of carboxylic acid groups (broad SMARTS) is 1. The zero-order valence-corrected chi connectivity index (χ0v) is 11.9. The minimum atomic E-state index is -0.898. The molecule has 1 aromatic carbocycles. The Kier molecular flexibility index (Phi) is 2.74. The maximum atomic E-state index is 12.2. The number of fused-ring (bicyclic) bond motifs is 3. The lowest BCUT2D eigenvalue weighted by Gasteiger charge is -2.19. The molecule has 98 valence electrons. The Labute approximate surface area is 118 Å². The number of hydrogen-bond acceptors (Lipinski definition) is 2. The molecule has 4 nitrogen and oxygen atoms in total. The number of aromatic nitrogens is 1. The van der Waals surface area contributed by atoms with Crippen molar-refractivity contribution in [2.45, 2.75) is 12.8 Å². The van der Waals surface area contributed by atoms with Crippen molar-refractivity contribution < 1.29 is 14.7 Å². The first-order valence-corrected chi connectivity index (χ1v) is 6.81. The van der Waals surface area contributed by atoms with Crippen molar-refractivity contribution in [3.63, 3.8) is 0 Å². The molecule has 0 saturated carbocycles. The summed E-state index contributed by atoms with van der Waals surface area (Å²) in [4.78, 5) is 23.3. The van der Waals surface area contributed by atoms with Gasteiger partial charge < -0.3 is 9.67 Å². The fourth-order valence-electron chi connectivity index (χ4n) is 2.82. The summed E-state index contributed by atoms with van der Waals surface area (Å²) in [6.45, 7) is 0. The molecule has 0 saturated heterocycles. The smallest absolute Gasteiger partial charge is 0.307 e. The number of benzene rings is 1. The molecule has 5 heteroatoms.